The van der Waals surface area contributed by atoms with Crippen molar-refractivity contribution in [3.8, 4) is 5.75 Å². The quantitative estimate of drug-likeness (QED) is 0.389. The Kier molecular flexibility index (Phi) is 4.62. The molecule has 2 aromatic carbocycles. The Morgan fingerprint density at radius 1 is 1.03 bits per heavy atom. The number of aromatic hydroxyl groups is 1. The Balaban J connectivity index is 1.44. The number of alkyl halides is 1. The van der Waals surface area contributed by atoms with E-state index < -0.39 is 0 Å². The number of aromatic amines is 2. The molecule has 1 atom stereocenters. The molecule has 2 aromatic heterocycles. The fourth-order valence-corrected chi connectivity index (χ4v) is 5.46. The first-order chi connectivity index (χ1) is 16.0. The van der Waals surface area contributed by atoms with Gasteiger partial charge in [-0.05, 0) is 36.6 Å². The van der Waals surface area contributed by atoms with Crippen LogP contribution >= 0.6 is 11.6 Å². The maximum Gasteiger partial charge on any atom is 0.274 e. The van der Waals surface area contributed by atoms with Crippen LogP contribution in [0.2, 0.25) is 0 Å². The van der Waals surface area contributed by atoms with Crippen molar-refractivity contribution in [3.63, 3.8) is 0 Å². The van der Waals surface area contributed by atoms with Crippen LogP contribution in [0.1, 0.15) is 45.3 Å². The highest BCUT2D eigenvalue weighted by molar-refractivity contribution is 6.19. The van der Waals surface area contributed by atoms with E-state index >= 15 is 0 Å². The lowest BCUT2D eigenvalue weighted by atomic mass is 9.98. The van der Waals surface area contributed by atoms with Gasteiger partial charge in [-0.15, -0.1) is 11.6 Å². The highest BCUT2D eigenvalue weighted by Gasteiger charge is 2.36. The van der Waals surface area contributed by atoms with Crippen molar-refractivity contribution in [2.75, 3.05) is 30.4 Å². The molecule has 4 aromatic rings. The van der Waals surface area contributed by atoms with Crippen LogP contribution in [0.3, 0.4) is 0 Å². The average molecular weight is 463 g/mol. The zero-order chi connectivity index (χ0) is 22.7. The smallest absolute Gasteiger partial charge is 0.274 e. The normalized spacial score (nSPS) is 17.9. The number of para-hydroxylation sites is 1. The summed E-state index contributed by atoms with van der Waals surface area (Å²) in [6, 6.07) is 13.0. The molecule has 168 valence electrons. The first-order valence-electron chi connectivity index (χ1n) is 11.2. The van der Waals surface area contributed by atoms with E-state index in [-0.39, 0.29) is 23.5 Å². The fraction of sp³-hybridized carbons (Fsp3) is 0.280. The molecule has 6 rings (SSSR count). The van der Waals surface area contributed by atoms with Crippen LogP contribution in [0.15, 0.2) is 42.5 Å². The Labute approximate surface area is 194 Å². The van der Waals surface area contributed by atoms with Crippen molar-refractivity contribution < 1.29 is 14.7 Å². The Hall–Kier alpha value is -3.45. The van der Waals surface area contributed by atoms with Crippen molar-refractivity contribution in [1.82, 2.24) is 14.9 Å². The Morgan fingerprint density at radius 2 is 1.79 bits per heavy atom. The molecule has 0 unspecified atom stereocenters. The summed E-state index contributed by atoms with van der Waals surface area (Å²) in [5.74, 6) is -0.0206. The number of carbonyl (C=O) groups is 2. The molecule has 0 aliphatic carbocycles. The number of halogens is 1. The van der Waals surface area contributed by atoms with E-state index in [4.69, 9.17) is 11.6 Å². The van der Waals surface area contributed by atoms with Crippen LogP contribution in [0.4, 0.5) is 5.69 Å². The van der Waals surface area contributed by atoms with E-state index in [1.54, 1.807) is 17.0 Å². The van der Waals surface area contributed by atoms with Gasteiger partial charge in [-0.25, -0.2) is 0 Å². The van der Waals surface area contributed by atoms with Gasteiger partial charge in [-0.1, -0.05) is 18.2 Å². The van der Waals surface area contributed by atoms with Gasteiger partial charge in [-0.3, -0.25) is 9.59 Å². The number of amides is 2. The lowest BCUT2D eigenvalue weighted by Crippen LogP contribution is -2.30. The third-order valence-electron chi connectivity index (χ3n) is 6.83. The highest BCUT2D eigenvalue weighted by Crippen LogP contribution is 2.46. The molecule has 0 spiro atoms. The molecule has 8 heteroatoms. The maximum atomic E-state index is 13.5. The minimum Gasteiger partial charge on any atom is -0.506 e. The molecule has 1 saturated heterocycles. The molecule has 7 nitrogen and oxygen atoms in total. The molecule has 1 fully saturated rings. The Morgan fingerprint density at radius 3 is 2.55 bits per heavy atom. The number of anilines is 1. The average Bonchev–Trinajstić information content (AvgIpc) is 3.62. The topological polar surface area (TPSA) is 92.4 Å². The second-order valence-electron chi connectivity index (χ2n) is 8.84. The van der Waals surface area contributed by atoms with Gasteiger partial charge in [0.25, 0.3) is 11.8 Å². The van der Waals surface area contributed by atoms with E-state index in [1.807, 2.05) is 35.2 Å². The van der Waals surface area contributed by atoms with Crippen molar-refractivity contribution in [2.45, 2.75) is 18.8 Å². The number of aromatic nitrogens is 2. The van der Waals surface area contributed by atoms with E-state index in [1.165, 1.54) is 0 Å². The van der Waals surface area contributed by atoms with Crippen molar-refractivity contribution in [1.29, 1.82) is 0 Å². The summed E-state index contributed by atoms with van der Waals surface area (Å²) in [6.07, 6.45) is 2.01. The predicted molar refractivity (Wildman–Crippen MR) is 129 cm³/mol. The molecule has 33 heavy (non-hydrogen) atoms. The molecule has 0 saturated carbocycles. The number of fused-ring (bicyclic) bond motifs is 4. The monoisotopic (exact) mass is 462 g/mol. The molecule has 2 aliphatic rings. The molecular formula is C25H23ClN4O3. The minimum absolute atomic E-state index is 0.00823. The Bertz CT molecular complexity index is 1380. The van der Waals surface area contributed by atoms with Crippen molar-refractivity contribution >= 4 is 50.9 Å². The van der Waals surface area contributed by atoms with E-state index in [0.717, 1.165) is 47.8 Å². The SMILES string of the molecule is O=C(c1cc2c3c(cc(O)c2[nH]1)N(C(=O)c1cc2ccccc2[nH]1)C[C@H]3CCl)N1CCCC1. The van der Waals surface area contributed by atoms with Gasteiger partial charge in [-0.2, -0.15) is 0 Å². The molecule has 4 heterocycles. The van der Waals surface area contributed by atoms with Gasteiger partial charge in [0.2, 0.25) is 0 Å². The molecule has 0 bridgehead atoms. The minimum atomic E-state index is -0.178. The summed E-state index contributed by atoms with van der Waals surface area (Å²) >= 11 is 6.34. The van der Waals surface area contributed by atoms with Crippen LogP contribution in [0.5, 0.6) is 5.75 Å². The summed E-state index contributed by atoms with van der Waals surface area (Å²) in [6.45, 7) is 1.90. The summed E-state index contributed by atoms with van der Waals surface area (Å²) in [7, 11) is 0. The number of carbonyl (C=O) groups excluding carboxylic acids is 2. The van der Waals surface area contributed by atoms with E-state index in [2.05, 4.69) is 9.97 Å². The molecule has 2 aliphatic heterocycles. The number of phenolic OH excluding ortho intramolecular Hbond substituents is 1. The van der Waals surface area contributed by atoms with Crippen LogP contribution in [-0.4, -0.2) is 57.3 Å². The number of benzene rings is 2. The van der Waals surface area contributed by atoms with Crippen molar-refractivity contribution in [3.05, 3.63) is 59.4 Å². The second-order valence-corrected chi connectivity index (χ2v) is 9.15. The van der Waals surface area contributed by atoms with Crippen LogP contribution < -0.4 is 4.90 Å². The van der Waals surface area contributed by atoms with E-state index in [0.29, 0.717) is 35.0 Å². The third-order valence-corrected chi connectivity index (χ3v) is 7.20. The zero-order valence-electron chi connectivity index (χ0n) is 17.9. The second kappa shape index (κ2) is 7.56. The number of phenols is 1. The first kappa shape index (κ1) is 20.2. The van der Waals surface area contributed by atoms with E-state index in [9.17, 15) is 14.7 Å². The fourth-order valence-electron chi connectivity index (χ4n) is 5.21. The predicted octanol–water partition coefficient (Wildman–Crippen LogP) is 4.57. The molecular weight excluding hydrogens is 440 g/mol. The molecule has 0 radical (unpaired) electrons. The standard InChI is InChI=1S/C25H23ClN4O3/c26-12-15-13-30(25(33)18-9-14-5-1-2-6-17(14)27-18)20-11-21(31)23-16(22(15)20)10-19(28-23)24(32)29-7-3-4-8-29/h1-2,5-6,9-11,15,27-28,31H,3-4,7-8,12-13H2/t15-/m1/s1. The molecule has 2 amide bonds. The number of likely N-dealkylation sites (tertiary alicyclic amines) is 1. The van der Waals surface area contributed by atoms with Gasteiger partial charge < -0.3 is 24.9 Å². The van der Waals surface area contributed by atoms with Crippen LogP contribution in [0, 0.1) is 0 Å². The number of H-pyrrole nitrogens is 2. The van der Waals surface area contributed by atoms with Gasteiger partial charge in [0.05, 0.1) is 11.2 Å². The summed E-state index contributed by atoms with van der Waals surface area (Å²) in [5, 5.41) is 12.5. The van der Waals surface area contributed by atoms with Crippen LogP contribution in [-0.2, 0) is 0 Å². The summed E-state index contributed by atoms with van der Waals surface area (Å²) in [4.78, 5) is 36.2. The largest absolute Gasteiger partial charge is 0.506 e. The lowest BCUT2D eigenvalue weighted by molar-refractivity contribution is 0.0787. The number of nitrogens with one attached hydrogen (secondary N) is 2. The first-order valence-corrected chi connectivity index (χ1v) is 11.7. The summed E-state index contributed by atoms with van der Waals surface area (Å²) < 4.78 is 0. The maximum absolute atomic E-state index is 13.5. The molecule has 3 N–H and O–H groups in total. The van der Waals surface area contributed by atoms with Crippen molar-refractivity contribution in [2.24, 2.45) is 0 Å². The lowest BCUT2D eigenvalue weighted by Gasteiger charge is -2.17. The zero-order valence-corrected chi connectivity index (χ0v) is 18.7. The highest BCUT2D eigenvalue weighted by atomic mass is 35.5. The number of rotatable bonds is 3. The van der Waals surface area contributed by atoms with Gasteiger partial charge in [0, 0.05) is 53.8 Å². The number of nitrogens with zero attached hydrogens (tertiary/aromatic N) is 2. The van der Waals surface area contributed by atoms with Gasteiger partial charge >= 0.3 is 0 Å². The van der Waals surface area contributed by atoms with Gasteiger partial charge in [0.15, 0.2) is 0 Å². The van der Waals surface area contributed by atoms with Gasteiger partial charge in [0.1, 0.15) is 17.1 Å². The van der Waals surface area contributed by atoms with Crippen LogP contribution in [0.25, 0.3) is 21.8 Å². The third kappa shape index (κ3) is 3.10. The summed E-state index contributed by atoms with van der Waals surface area (Å²) in [5.41, 5.74) is 3.85. The number of hydrogen-bond acceptors (Lipinski definition) is 3. The number of hydrogen-bond donors (Lipinski definition) is 3.